The SMILES string of the molecule is CC12CC3CC4CC(c5ccccc5)(C1)C342.CC1CC(N)CCN1C=O. The zero-order chi connectivity index (χ0) is 18.2. The summed E-state index contributed by atoms with van der Waals surface area (Å²) in [7, 11) is 0. The molecule has 0 radical (unpaired) electrons. The highest BCUT2D eigenvalue weighted by Crippen LogP contribution is 2.97. The van der Waals surface area contributed by atoms with Gasteiger partial charge in [-0.15, -0.1) is 0 Å². The van der Waals surface area contributed by atoms with Crippen LogP contribution in [0.25, 0.3) is 0 Å². The van der Waals surface area contributed by atoms with Gasteiger partial charge in [-0.05, 0) is 73.7 Å². The van der Waals surface area contributed by atoms with E-state index in [0.29, 0.717) is 17.5 Å². The molecule has 1 aliphatic heterocycles. The van der Waals surface area contributed by atoms with Gasteiger partial charge in [0, 0.05) is 24.0 Å². The van der Waals surface area contributed by atoms with Gasteiger partial charge >= 0.3 is 0 Å². The molecule has 5 aliphatic rings. The Hall–Kier alpha value is -1.35. The molecular formula is C23H32N2O. The first-order valence-corrected chi connectivity index (χ1v) is 10.5. The second-order valence-electron chi connectivity index (χ2n) is 10.1. The molecule has 140 valence electrons. The number of carbonyl (C=O) groups is 1. The molecule has 26 heavy (non-hydrogen) atoms. The van der Waals surface area contributed by atoms with Gasteiger partial charge in [0.1, 0.15) is 0 Å². The monoisotopic (exact) mass is 352 g/mol. The summed E-state index contributed by atoms with van der Waals surface area (Å²) in [6, 6.07) is 12.0. The normalized spacial score (nSPS) is 49.6. The molecule has 7 atom stereocenters. The van der Waals surface area contributed by atoms with E-state index in [1.807, 2.05) is 11.8 Å². The molecule has 3 heteroatoms. The molecule has 0 aromatic heterocycles. The highest BCUT2D eigenvalue weighted by atomic mass is 16.1. The van der Waals surface area contributed by atoms with Crippen molar-refractivity contribution in [2.24, 2.45) is 28.4 Å². The lowest BCUT2D eigenvalue weighted by Gasteiger charge is -2.95. The summed E-state index contributed by atoms with van der Waals surface area (Å²) < 4.78 is 0. The maximum atomic E-state index is 10.4. The van der Waals surface area contributed by atoms with Crippen molar-refractivity contribution < 1.29 is 4.79 Å². The molecule has 5 fully saturated rings. The Morgan fingerprint density at radius 3 is 2.46 bits per heavy atom. The van der Waals surface area contributed by atoms with Crippen molar-refractivity contribution in [1.82, 2.24) is 4.90 Å². The Bertz CT molecular complexity index is 714. The number of likely N-dealkylation sites (tertiary alicyclic amines) is 1. The smallest absolute Gasteiger partial charge is 0.209 e. The highest BCUT2D eigenvalue weighted by Gasteiger charge is 2.92. The minimum Gasteiger partial charge on any atom is -0.342 e. The van der Waals surface area contributed by atoms with Gasteiger partial charge in [0.25, 0.3) is 0 Å². The van der Waals surface area contributed by atoms with Crippen LogP contribution in [0.3, 0.4) is 0 Å². The average Bonchev–Trinajstić information content (AvgIpc) is 2.58. The van der Waals surface area contributed by atoms with Gasteiger partial charge in [-0.2, -0.15) is 0 Å². The fourth-order valence-corrected chi connectivity index (χ4v) is 8.36. The maximum absolute atomic E-state index is 10.4. The third-order valence-corrected chi connectivity index (χ3v) is 9.06. The molecule has 1 saturated heterocycles. The minimum absolute atomic E-state index is 0.297. The fourth-order valence-electron chi connectivity index (χ4n) is 8.36. The van der Waals surface area contributed by atoms with Crippen LogP contribution in [0.1, 0.15) is 57.9 Å². The summed E-state index contributed by atoms with van der Waals surface area (Å²) in [6.45, 7) is 5.43. The molecule has 7 unspecified atom stereocenters. The Labute approximate surface area is 157 Å². The molecule has 1 aromatic carbocycles. The van der Waals surface area contributed by atoms with Crippen LogP contribution in [0.5, 0.6) is 0 Å². The number of hydrogen-bond donors (Lipinski definition) is 1. The standard InChI is InChI=1S/C16H18.C7H14N2O/c1-14-8-12-7-13-9-15(10-14,16(12,13)14)11-5-3-2-4-6-11;1-6-4-7(8)2-3-9(6)5-10/h2-6,12-13H,7-10H2,1H3;5-7H,2-4,8H2,1H3. The maximum Gasteiger partial charge on any atom is 0.209 e. The third kappa shape index (κ3) is 1.76. The van der Waals surface area contributed by atoms with Crippen molar-refractivity contribution in [2.75, 3.05) is 6.54 Å². The number of amides is 1. The zero-order valence-corrected chi connectivity index (χ0v) is 16.2. The molecule has 4 saturated carbocycles. The molecule has 1 amide bonds. The van der Waals surface area contributed by atoms with E-state index < -0.39 is 0 Å². The van der Waals surface area contributed by atoms with E-state index in [4.69, 9.17) is 5.73 Å². The minimum atomic E-state index is 0.297. The Morgan fingerprint density at radius 1 is 1.15 bits per heavy atom. The first-order valence-electron chi connectivity index (χ1n) is 10.5. The molecule has 1 spiro atoms. The highest BCUT2D eigenvalue weighted by molar-refractivity contribution is 5.50. The predicted molar refractivity (Wildman–Crippen MR) is 104 cm³/mol. The van der Waals surface area contributed by atoms with Crippen LogP contribution in [0, 0.1) is 22.7 Å². The molecule has 3 nitrogen and oxygen atoms in total. The van der Waals surface area contributed by atoms with E-state index in [9.17, 15) is 4.79 Å². The zero-order valence-electron chi connectivity index (χ0n) is 16.2. The average molecular weight is 353 g/mol. The van der Waals surface area contributed by atoms with E-state index in [1.54, 1.807) is 12.0 Å². The van der Waals surface area contributed by atoms with Crippen molar-refractivity contribution in [3.05, 3.63) is 35.9 Å². The van der Waals surface area contributed by atoms with Crippen LogP contribution in [-0.4, -0.2) is 29.9 Å². The number of benzene rings is 1. The van der Waals surface area contributed by atoms with Crippen molar-refractivity contribution in [3.8, 4) is 0 Å². The number of nitrogens with two attached hydrogens (primary N) is 1. The van der Waals surface area contributed by atoms with E-state index in [2.05, 4.69) is 37.3 Å². The summed E-state index contributed by atoms with van der Waals surface area (Å²) in [4.78, 5) is 12.2. The Balaban J connectivity index is 0.000000131. The second kappa shape index (κ2) is 5.34. The van der Waals surface area contributed by atoms with E-state index >= 15 is 0 Å². The van der Waals surface area contributed by atoms with Crippen LogP contribution < -0.4 is 5.73 Å². The number of nitrogens with zero attached hydrogens (tertiary/aromatic N) is 1. The molecular weight excluding hydrogens is 320 g/mol. The van der Waals surface area contributed by atoms with Crippen molar-refractivity contribution in [2.45, 2.75) is 69.9 Å². The summed E-state index contributed by atoms with van der Waals surface area (Å²) in [5.41, 5.74) is 9.53. The van der Waals surface area contributed by atoms with Crippen LogP contribution in [-0.2, 0) is 10.2 Å². The van der Waals surface area contributed by atoms with Gasteiger partial charge in [-0.25, -0.2) is 0 Å². The number of rotatable bonds is 2. The lowest BCUT2D eigenvalue weighted by molar-refractivity contribution is -0.441. The first kappa shape index (κ1) is 16.8. The summed E-state index contributed by atoms with van der Waals surface area (Å²) >= 11 is 0. The van der Waals surface area contributed by atoms with Gasteiger partial charge in [-0.1, -0.05) is 37.3 Å². The van der Waals surface area contributed by atoms with Gasteiger partial charge in [0.15, 0.2) is 0 Å². The largest absolute Gasteiger partial charge is 0.342 e. The fraction of sp³-hybridized carbons (Fsp3) is 0.696. The van der Waals surface area contributed by atoms with Gasteiger partial charge in [0.05, 0.1) is 0 Å². The van der Waals surface area contributed by atoms with E-state index in [0.717, 1.165) is 48.5 Å². The van der Waals surface area contributed by atoms with Gasteiger partial charge < -0.3 is 10.6 Å². The van der Waals surface area contributed by atoms with Crippen LogP contribution in [0.15, 0.2) is 30.3 Å². The lowest BCUT2D eigenvalue weighted by Crippen LogP contribution is -2.91. The van der Waals surface area contributed by atoms with E-state index in [-0.39, 0.29) is 0 Å². The topological polar surface area (TPSA) is 46.3 Å². The van der Waals surface area contributed by atoms with Gasteiger partial charge in [-0.3, -0.25) is 4.79 Å². The number of piperidine rings is 1. The Morgan fingerprint density at radius 2 is 1.88 bits per heavy atom. The van der Waals surface area contributed by atoms with Crippen molar-refractivity contribution in [3.63, 3.8) is 0 Å². The number of hydrogen-bond acceptors (Lipinski definition) is 2. The second-order valence-corrected chi connectivity index (χ2v) is 10.1. The molecule has 1 heterocycles. The molecule has 4 aliphatic carbocycles. The third-order valence-electron chi connectivity index (χ3n) is 9.06. The molecule has 1 aromatic rings. The summed E-state index contributed by atoms with van der Waals surface area (Å²) in [5.74, 6) is 2.20. The molecule has 6 rings (SSSR count). The van der Waals surface area contributed by atoms with Crippen molar-refractivity contribution in [1.29, 1.82) is 0 Å². The van der Waals surface area contributed by atoms with Gasteiger partial charge in [0.2, 0.25) is 6.41 Å². The van der Waals surface area contributed by atoms with Crippen LogP contribution in [0.2, 0.25) is 0 Å². The molecule has 0 bridgehead atoms. The quantitative estimate of drug-likeness (QED) is 0.825. The van der Waals surface area contributed by atoms with E-state index in [1.165, 1.54) is 19.3 Å². The predicted octanol–water partition coefficient (Wildman–Crippen LogP) is 3.72. The summed E-state index contributed by atoms with van der Waals surface area (Å²) in [5, 5.41) is 0. The molecule has 2 N–H and O–H groups in total. The van der Waals surface area contributed by atoms with Crippen LogP contribution >= 0.6 is 0 Å². The Kier molecular flexibility index (Phi) is 3.45. The lowest BCUT2D eigenvalue weighted by atomic mass is 9.08. The van der Waals surface area contributed by atoms with Crippen molar-refractivity contribution >= 4 is 6.41 Å². The first-order chi connectivity index (χ1) is 12.5. The van der Waals surface area contributed by atoms with Crippen LogP contribution in [0.4, 0.5) is 0 Å². The number of carbonyl (C=O) groups excluding carboxylic acids is 1. The summed E-state index contributed by atoms with van der Waals surface area (Å²) in [6.07, 6.45) is 8.89.